The van der Waals surface area contributed by atoms with Crippen LogP contribution in [0, 0.1) is 17.1 Å². The van der Waals surface area contributed by atoms with Gasteiger partial charge in [-0.05, 0) is 36.4 Å². The summed E-state index contributed by atoms with van der Waals surface area (Å²) in [6, 6.07) is 11.7. The van der Waals surface area contributed by atoms with E-state index in [1.807, 2.05) is 11.4 Å². The SMILES string of the molecule is N#Cc1ccc(-c2csc(-c3ccc(F)cc3)n2)nc1. The first-order valence-electron chi connectivity index (χ1n) is 5.84. The molecule has 2 heterocycles. The van der Waals surface area contributed by atoms with Crippen molar-refractivity contribution in [1.29, 1.82) is 5.26 Å². The van der Waals surface area contributed by atoms with Gasteiger partial charge in [-0.25, -0.2) is 9.37 Å². The Balaban J connectivity index is 1.93. The highest BCUT2D eigenvalue weighted by atomic mass is 32.1. The largest absolute Gasteiger partial charge is 0.253 e. The summed E-state index contributed by atoms with van der Waals surface area (Å²) >= 11 is 1.47. The average molecular weight is 281 g/mol. The molecular formula is C15H8FN3S. The summed E-state index contributed by atoms with van der Waals surface area (Å²) in [7, 11) is 0. The fraction of sp³-hybridized carbons (Fsp3) is 0. The minimum Gasteiger partial charge on any atom is -0.253 e. The van der Waals surface area contributed by atoms with Crippen molar-refractivity contribution in [3.63, 3.8) is 0 Å². The van der Waals surface area contributed by atoms with Gasteiger partial charge in [0.15, 0.2) is 0 Å². The van der Waals surface area contributed by atoms with Crippen LogP contribution in [0.3, 0.4) is 0 Å². The van der Waals surface area contributed by atoms with Crippen LogP contribution < -0.4 is 0 Å². The van der Waals surface area contributed by atoms with E-state index in [0.29, 0.717) is 11.3 Å². The molecule has 0 amide bonds. The Bertz CT molecular complexity index is 770. The van der Waals surface area contributed by atoms with Gasteiger partial charge in [0.1, 0.15) is 22.6 Å². The second-order valence-corrected chi connectivity index (χ2v) is 4.95. The highest BCUT2D eigenvalue weighted by Crippen LogP contribution is 2.28. The maximum atomic E-state index is 12.9. The summed E-state index contributed by atoms with van der Waals surface area (Å²) in [5.74, 6) is -0.265. The third-order valence-corrected chi connectivity index (χ3v) is 3.64. The maximum Gasteiger partial charge on any atom is 0.124 e. The van der Waals surface area contributed by atoms with E-state index in [0.717, 1.165) is 16.3 Å². The van der Waals surface area contributed by atoms with E-state index in [1.54, 1.807) is 24.3 Å². The lowest BCUT2D eigenvalue weighted by Crippen LogP contribution is -1.85. The molecule has 20 heavy (non-hydrogen) atoms. The Hall–Kier alpha value is -2.58. The molecule has 0 aliphatic carbocycles. The van der Waals surface area contributed by atoms with Crippen LogP contribution in [0.5, 0.6) is 0 Å². The van der Waals surface area contributed by atoms with E-state index in [9.17, 15) is 4.39 Å². The van der Waals surface area contributed by atoms with Gasteiger partial charge in [-0.2, -0.15) is 5.26 Å². The molecule has 3 rings (SSSR count). The highest BCUT2D eigenvalue weighted by molar-refractivity contribution is 7.13. The van der Waals surface area contributed by atoms with Gasteiger partial charge in [-0.15, -0.1) is 11.3 Å². The van der Waals surface area contributed by atoms with Crippen LogP contribution in [0.1, 0.15) is 5.56 Å². The van der Waals surface area contributed by atoms with Crippen molar-refractivity contribution in [2.24, 2.45) is 0 Å². The molecule has 2 aromatic heterocycles. The number of halogens is 1. The van der Waals surface area contributed by atoms with Gasteiger partial charge in [0, 0.05) is 17.1 Å². The smallest absolute Gasteiger partial charge is 0.124 e. The topological polar surface area (TPSA) is 49.6 Å². The van der Waals surface area contributed by atoms with E-state index in [-0.39, 0.29) is 5.82 Å². The fourth-order valence-corrected chi connectivity index (χ4v) is 2.55. The number of hydrogen-bond acceptors (Lipinski definition) is 4. The zero-order valence-corrected chi connectivity index (χ0v) is 11.1. The Kier molecular flexibility index (Phi) is 3.23. The van der Waals surface area contributed by atoms with Gasteiger partial charge in [0.05, 0.1) is 11.3 Å². The van der Waals surface area contributed by atoms with Gasteiger partial charge in [-0.3, -0.25) is 4.98 Å². The third kappa shape index (κ3) is 2.42. The van der Waals surface area contributed by atoms with Crippen LogP contribution >= 0.6 is 11.3 Å². The summed E-state index contributed by atoms with van der Waals surface area (Å²) < 4.78 is 12.9. The molecule has 5 heteroatoms. The van der Waals surface area contributed by atoms with E-state index < -0.39 is 0 Å². The molecule has 0 aliphatic heterocycles. The number of nitriles is 1. The first kappa shape index (κ1) is 12.5. The van der Waals surface area contributed by atoms with Crippen LogP contribution in [0.15, 0.2) is 48.0 Å². The van der Waals surface area contributed by atoms with E-state index in [2.05, 4.69) is 9.97 Å². The number of nitrogens with zero attached hydrogens (tertiary/aromatic N) is 3. The third-order valence-electron chi connectivity index (χ3n) is 2.75. The molecule has 0 aliphatic rings. The summed E-state index contributed by atoms with van der Waals surface area (Å²) in [5, 5.41) is 11.4. The molecule has 0 spiro atoms. The van der Waals surface area contributed by atoms with Crippen molar-refractivity contribution in [3.8, 4) is 28.0 Å². The summed E-state index contributed by atoms with van der Waals surface area (Å²) in [6.07, 6.45) is 1.52. The number of aromatic nitrogens is 2. The average Bonchev–Trinajstić information content (AvgIpc) is 2.98. The molecule has 0 bridgehead atoms. The molecule has 0 unspecified atom stereocenters. The van der Waals surface area contributed by atoms with Gasteiger partial charge < -0.3 is 0 Å². The molecule has 0 fully saturated rings. The Morgan fingerprint density at radius 3 is 2.50 bits per heavy atom. The van der Waals surface area contributed by atoms with Crippen molar-refractivity contribution >= 4 is 11.3 Å². The van der Waals surface area contributed by atoms with Crippen molar-refractivity contribution < 1.29 is 4.39 Å². The number of rotatable bonds is 2. The molecule has 3 nitrogen and oxygen atoms in total. The lowest BCUT2D eigenvalue weighted by Gasteiger charge is -1.96. The van der Waals surface area contributed by atoms with Crippen LogP contribution in [0.25, 0.3) is 22.0 Å². The monoisotopic (exact) mass is 281 g/mol. The second kappa shape index (κ2) is 5.19. The molecule has 3 aromatic rings. The van der Waals surface area contributed by atoms with Crippen LogP contribution in [0.4, 0.5) is 4.39 Å². The van der Waals surface area contributed by atoms with Gasteiger partial charge in [-0.1, -0.05) is 0 Å². The number of hydrogen-bond donors (Lipinski definition) is 0. The molecule has 0 atom stereocenters. The second-order valence-electron chi connectivity index (χ2n) is 4.09. The minimum atomic E-state index is -0.265. The Morgan fingerprint density at radius 1 is 1.05 bits per heavy atom. The molecule has 0 saturated heterocycles. The van der Waals surface area contributed by atoms with Crippen LogP contribution in [0.2, 0.25) is 0 Å². The fourth-order valence-electron chi connectivity index (χ4n) is 1.73. The number of pyridine rings is 1. The molecule has 1 aromatic carbocycles. The van der Waals surface area contributed by atoms with Crippen molar-refractivity contribution in [1.82, 2.24) is 9.97 Å². The molecule has 0 saturated carbocycles. The zero-order valence-electron chi connectivity index (χ0n) is 10.2. The van der Waals surface area contributed by atoms with Crippen LogP contribution in [-0.4, -0.2) is 9.97 Å². The molecular weight excluding hydrogens is 273 g/mol. The zero-order chi connectivity index (χ0) is 13.9. The first-order chi connectivity index (χ1) is 9.76. The number of thiazole rings is 1. The Labute approximate surface area is 119 Å². The van der Waals surface area contributed by atoms with E-state index in [4.69, 9.17) is 5.26 Å². The van der Waals surface area contributed by atoms with Crippen molar-refractivity contribution in [3.05, 3.63) is 59.4 Å². The van der Waals surface area contributed by atoms with Crippen molar-refractivity contribution in [2.75, 3.05) is 0 Å². The Morgan fingerprint density at radius 2 is 1.85 bits per heavy atom. The minimum absolute atomic E-state index is 0.265. The normalized spacial score (nSPS) is 10.2. The first-order valence-corrected chi connectivity index (χ1v) is 6.72. The molecule has 0 N–H and O–H groups in total. The summed E-state index contributed by atoms with van der Waals surface area (Å²) in [5.41, 5.74) is 2.85. The highest BCUT2D eigenvalue weighted by Gasteiger charge is 2.07. The quantitative estimate of drug-likeness (QED) is 0.716. The number of benzene rings is 1. The lowest BCUT2D eigenvalue weighted by molar-refractivity contribution is 0.628. The van der Waals surface area contributed by atoms with Crippen LogP contribution in [-0.2, 0) is 0 Å². The van der Waals surface area contributed by atoms with Gasteiger partial charge in [0.2, 0.25) is 0 Å². The van der Waals surface area contributed by atoms with Crippen molar-refractivity contribution in [2.45, 2.75) is 0 Å². The predicted molar refractivity (Wildman–Crippen MR) is 75.5 cm³/mol. The lowest BCUT2D eigenvalue weighted by atomic mass is 10.2. The van der Waals surface area contributed by atoms with E-state index in [1.165, 1.54) is 29.7 Å². The standard InChI is InChI=1S/C15H8FN3S/c16-12-4-2-11(3-5-12)15-19-14(9-20-15)13-6-1-10(7-17)8-18-13/h1-6,8-9H. The van der Waals surface area contributed by atoms with Gasteiger partial charge >= 0.3 is 0 Å². The van der Waals surface area contributed by atoms with E-state index >= 15 is 0 Å². The molecule has 0 radical (unpaired) electrons. The summed E-state index contributed by atoms with van der Waals surface area (Å²) in [6.45, 7) is 0. The predicted octanol–water partition coefficient (Wildman–Crippen LogP) is 3.88. The molecule has 96 valence electrons. The van der Waals surface area contributed by atoms with Gasteiger partial charge in [0.25, 0.3) is 0 Å². The summed E-state index contributed by atoms with van der Waals surface area (Å²) in [4.78, 5) is 8.69. The maximum absolute atomic E-state index is 12.9.